The lowest BCUT2D eigenvalue weighted by molar-refractivity contribution is 0.0739. The van der Waals surface area contributed by atoms with Gasteiger partial charge in [-0.15, -0.1) is 0 Å². The van der Waals surface area contributed by atoms with Crippen LogP contribution >= 0.6 is 0 Å². The first-order chi connectivity index (χ1) is 15.1. The number of carbonyl (C=O) groups excluding carboxylic acids is 1. The number of esters is 1. The number of hydrogen-bond acceptors (Lipinski definition) is 3. The Morgan fingerprint density at radius 2 is 1.61 bits per heavy atom. The predicted octanol–water partition coefficient (Wildman–Crippen LogP) is 6.72. The summed E-state index contributed by atoms with van der Waals surface area (Å²) < 4.78 is 20.7. The van der Waals surface area contributed by atoms with Gasteiger partial charge in [0, 0.05) is 22.5 Å². The van der Waals surface area contributed by atoms with Crippen LogP contribution in [0.1, 0.15) is 15.9 Å². The Labute approximate surface area is 178 Å². The molecule has 0 aliphatic rings. The van der Waals surface area contributed by atoms with Gasteiger partial charge in [-0.2, -0.15) is 0 Å². The maximum Gasteiger partial charge on any atom is 0.344 e. The van der Waals surface area contributed by atoms with Crippen molar-refractivity contribution in [2.75, 3.05) is 0 Å². The lowest BCUT2D eigenvalue weighted by atomic mass is 9.96. The van der Waals surface area contributed by atoms with Gasteiger partial charge >= 0.3 is 5.97 Å². The standard InChI is InChI=1S/C27H18FNO2/c1-17-15-22-20(11-12-23(28)26(22)18-7-3-2-4-8-18)25(16-17)31-27(30)21-13-14-29-24-10-6-5-9-19(21)24/h2-16H,1H3. The Morgan fingerprint density at radius 1 is 0.839 bits per heavy atom. The zero-order chi connectivity index (χ0) is 21.4. The fraction of sp³-hybridized carbons (Fsp3) is 0.0370. The molecule has 31 heavy (non-hydrogen) atoms. The SMILES string of the molecule is Cc1cc(OC(=O)c2ccnc3ccccc23)c2ccc(F)c(-c3ccccc3)c2c1. The van der Waals surface area contributed by atoms with Crippen LogP contribution in [0.2, 0.25) is 0 Å². The molecule has 0 unspecified atom stereocenters. The van der Waals surface area contributed by atoms with Crippen LogP contribution in [0, 0.1) is 12.7 Å². The van der Waals surface area contributed by atoms with Gasteiger partial charge in [-0.05, 0) is 53.8 Å². The highest BCUT2D eigenvalue weighted by molar-refractivity contribution is 6.06. The molecule has 0 fully saturated rings. The zero-order valence-electron chi connectivity index (χ0n) is 16.8. The molecule has 0 N–H and O–H groups in total. The number of aromatic nitrogens is 1. The van der Waals surface area contributed by atoms with E-state index in [1.165, 1.54) is 6.07 Å². The molecule has 4 aromatic carbocycles. The number of para-hydroxylation sites is 1. The van der Waals surface area contributed by atoms with Crippen LogP contribution in [0.25, 0.3) is 32.8 Å². The number of rotatable bonds is 3. The molecule has 0 spiro atoms. The van der Waals surface area contributed by atoms with E-state index in [9.17, 15) is 9.18 Å². The fourth-order valence-corrected chi connectivity index (χ4v) is 3.92. The third-order valence-corrected chi connectivity index (χ3v) is 5.32. The number of halogens is 1. The second-order valence-electron chi connectivity index (χ2n) is 7.41. The molecule has 0 saturated carbocycles. The summed E-state index contributed by atoms with van der Waals surface area (Å²) in [5.41, 5.74) is 3.30. The van der Waals surface area contributed by atoms with Gasteiger partial charge in [0.1, 0.15) is 11.6 Å². The van der Waals surface area contributed by atoms with Crippen LogP contribution in [0.3, 0.4) is 0 Å². The maximum absolute atomic E-state index is 14.9. The van der Waals surface area contributed by atoms with Gasteiger partial charge in [-0.25, -0.2) is 9.18 Å². The molecule has 1 aromatic heterocycles. The van der Waals surface area contributed by atoms with E-state index in [-0.39, 0.29) is 5.82 Å². The van der Waals surface area contributed by atoms with Gasteiger partial charge in [0.05, 0.1) is 11.1 Å². The first kappa shape index (κ1) is 18.9. The van der Waals surface area contributed by atoms with Crippen molar-refractivity contribution in [3.63, 3.8) is 0 Å². The van der Waals surface area contributed by atoms with Crippen LogP contribution < -0.4 is 4.74 Å². The van der Waals surface area contributed by atoms with Crippen molar-refractivity contribution >= 4 is 27.6 Å². The molecule has 4 heteroatoms. The minimum Gasteiger partial charge on any atom is -0.422 e. The first-order valence-corrected chi connectivity index (χ1v) is 9.96. The molecule has 3 nitrogen and oxygen atoms in total. The molecule has 0 aliphatic carbocycles. The average molecular weight is 407 g/mol. The Hall–Kier alpha value is -4.05. The third kappa shape index (κ3) is 3.42. The van der Waals surface area contributed by atoms with Gasteiger partial charge in [-0.3, -0.25) is 4.98 Å². The number of hydrogen-bond donors (Lipinski definition) is 0. The van der Waals surface area contributed by atoms with Gasteiger partial charge in [-0.1, -0.05) is 54.6 Å². The largest absolute Gasteiger partial charge is 0.422 e. The van der Waals surface area contributed by atoms with E-state index in [1.807, 2.05) is 67.6 Å². The van der Waals surface area contributed by atoms with Crippen LogP contribution in [0.5, 0.6) is 5.75 Å². The van der Waals surface area contributed by atoms with E-state index in [0.29, 0.717) is 27.6 Å². The van der Waals surface area contributed by atoms with Crippen molar-refractivity contribution in [3.05, 3.63) is 108 Å². The summed E-state index contributed by atoms with van der Waals surface area (Å²) >= 11 is 0. The highest BCUT2D eigenvalue weighted by atomic mass is 19.1. The van der Waals surface area contributed by atoms with Crippen molar-refractivity contribution in [1.29, 1.82) is 0 Å². The fourth-order valence-electron chi connectivity index (χ4n) is 3.92. The summed E-state index contributed by atoms with van der Waals surface area (Å²) in [7, 11) is 0. The Bertz CT molecular complexity index is 1440. The van der Waals surface area contributed by atoms with E-state index in [1.54, 1.807) is 24.4 Å². The first-order valence-electron chi connectivity index (χ1n) is 9.96. The molecular formula is C27H18FNO2. The minimum absolute atomic E-state index is 0.318. The van der Waals surface area contributed by atoms with E-state index in [2.05, 4.69) is 4.98 Å². The Kier molecular flexibility index (Phi) is 4.68. The number of ether oxygens (including phenoxy) is 1. The monoisotopic (exact) mass is 407 g/mol. The summed E-state index contributed by atoms with van der Waals surface area (Å²) in [6.07, 6.45) is 1.59. The van der Waals surface area contributed by atoms with Gasteiger partial charge in [0.25, 0.3) is 0 Å². The van der Waals surface area contributed by atoms with Crippen LogP contribution in [-0.2, 0) is 0 Å². The molecule has 0 atom stereocenters. The molecule has 0 aliphatic heterocycles. The van der Waals surface area contributed by atoms with Gasteiger partial charge < -0.3 is 4.74 Å². The van der Waals surface area contributed by atoms with E-state index in [0.717, 1.165) is 22.0 Å². The lowest BCUT2D eigenvalue weighted by Crippen LogP contribution is -2.10. The van der Waals surface area contributed by atoms with E-state index < -0.39 is 5.97 Å². The summed E-state index contributed by atoms with van der Waals surface area (Å²) in [4.78, 5) is 17.4. The molecule has 150 valence electrons. The molecule has 5 rings (SSSR count). The molecule has 0 bridgehead atoms. The average Bonchev–Trinajstić information content (AvgIpc) is 2.79. The normalized spacial score (nSPS) is 11.0. The number of benzene rings is 4. The van der Waals surface area contributed by atoms with Crippen LogP contribution in [-0.4, -0.2) is 11.0 Å². The summed E-state index contributed by atoms with van der Waals surface area (Å²) in [6.45, 7) is 1.90. The number of nitrogens with zero attached hydrogens (tertiary/aromatic N) is 1. The number of fused-ring (bicyclic) bond motifs is 2. The minimum atomic E-state index is -0.476. The quantitative estimate of drug-likeness (QED) is 0.246. The van der Waals surface area contributed by atoms with Crippen LogP contribution in [0.4, 0.5) is 4.39 Å². The second-order valence-corrected chi connectivity index (χ2v) is 7.41. The van der Waals surface area contributed by atoms with Crippen molar-refractivity contribution in [2.45, 2.75) is 6.92 Å². The summed E-state index contributed by atoms with van der Waals surface area (Å²) in [6, 6.07) is 25.2. The second kappa shape index (κ2) is 7.65. The zero-order valence-corrected chi connectivity index (χ0v) is 16.8. The smallest absolute Gasteiger partial charge is 0.344 e. The molecule has 5 aromatic rings. The van der Waals surface area contributed by atoms with Crippen molar-refractivity contribution in [2.24, 2.45) is 0 Å². The molecule has 1 heterocycles. The number of carbonyl (C=O) groups is 1. The third-order valence-electron chi connectivity index (χ3n) is 5.32. The maximum atomic E-state index is 14.9. The topological polar surface area (TPSA) is 39.2 Å². The summed E-state index contributed by atoms with van der Waals surface area (Å²) in [5.74, 6) is -0.393. The number of pyridine rings is 1. The van der Waals surface area contributed by atoms with E-state index >= 15 is 0 Å². The van der Waals surface area contributed by atoms with Crippen molar-refractivity contribution < 1.29 is 13.9 Å². The van der Waals surface area contributed by atoms with Crippen molar-refractivity contribution in [3.8, 4) is 16.9 Å². The lowest BCUT2D eigenvalue weighted by Gasteiger charge is -2.14. The Morgan fingerprint density at radius 3 is 2.45 bits per heavy atom. The predicted molar refractivity (Wildman–Crippen MR) is 121 cm³/mol. The van der Waals surface area contributed by atoms with Crippen LogP contribution in [0.15, 0.2) is 91.1 Å². The highest BCUT2D eigenvalue weighted by Gasteiger charge is 2.18. The van der Waals surface area contributed by atoms with Gasteiger partial charge in [0.2, 0.25) is 0 Å². The van der Waals surface area contributed by atoms with E-state index in [4.69, 9.17) is 4.74 Å². The van der Waals surface area contributed by atoms with Crippen molar-refractivity contribution in [1.82, 2.24) is 4.98 Å². The summed E-state index contributed by atoms with van der Waals surface area (Å²) in [5, 5.41) is 2.11. The van der Waals surface area contributed by atoms with Gasteiger partial charge in [0.15, 0.2) is 0 Å². The molecular weight excluding hydrogens is 389 g/mol. The highest BCUT2D eigenvalue weighted by Crippen LogP contribution is 2.37. The molecule has 0 radical (unpaired) electrons. The molecule has 0 amide bonds. The molecule has 0 saturated heterocycles. The number of aryl methyl sites for hydroxylation is 1. The Balaban J connectivity index is 1.65.